The van der Waals surface area contributed by atoms with E-state index in [1.807, 2.05) is 45.0 Å². The number of fused-ring (bicyclic) bond motifs is 1. The van der Waals surface area contributed by atoms with Gasteiger partial charge in [0.15, 0.2) is 0 Å². The lowest BCUT2D eigenvalue weighted by Gasteiger charge is -2.19. The topological polar surface area (TPSA) is 48.3 Å². The highest BCUT2D eigenvalue weighted by Crippen LogP contribution is 2.22. The molecule has 0 atom stereocenters. The van der Waals surface area contributed by atoms with Crippen LogP contribution in [0.15, 0.2) is 30.5 Å². The second-order valence-electron chi connectivity index (χ2n) is 5.39. The minimum atomic E-state index is -0.548. The summed E-state index contributed by atoms with van der Waals surface area (Å²) in [6.45, 7) is 5.47. The van der Waals surface area contributed by atoms with Gasteiger partial charge in [-0.25, -0.2) is 4.79 Å². The van der Waals surface area contributed by atoms with E-state index in [0.29, 0.717) is 0 Å². The average Bonchev–Trinajstić information content (AvgIpc) is 2.67. The van der Waals surface area contributed by atoms with E-state index in [1.165, 1.54) is 4.57 Å². The van der Waals surface area contributed by atoms with E-state index < -0.39 is 11.7 Å². The molecule has 0 saturated carbocycles. The quantitative estimate of drug-likeness (QED) is 0.778. The van der Waals surface area contributed by atoms with Crippen LogP contribution >= 0.6 is 0 Å². The van der Waals surface area contributed by atoms with Gasteiger partial charge in [-0.05, 0) is 32.4 Å². The number of ether oxygens (including phenoxy) is 1. The third-order valence-electron chi connectivity index (χ3n) is 2.69. The summed E-state index contributed by atoms with van der Waals surface area (Å²) in [7, 11) is 0. The molecule has 100 valence electrons. The number of benzene rings is 1. The Morgan fingerprint density at radius 2 is 2.00 bits per heavy atom. The summed E-state index contributed by atoms with van der Waals surface area (Å²) in [6, 6.07) is 7.48. The molecule has 4 heteroatoms. The largest absolute Gasteiger partial charge is 0.443 e. The maximum Gasteiger partial charge on any atom is 0.419 e. The van der Waals surface area contributed by atoms with Crippen molar-refractivity contribution in [2.24, 2.45) is 0 Å². The first-order valence-electron chi connectivity index (χ1n) is 6.18. The monoisotopic (exact) mass is 259 g/mol. The summed E-state index contributed by atoms with van der Waals surface area (Å²) in [5, 5.41) is 0.903. The van der Waals surface area contributed by atoms with Crippen molar-refractivity contribution < 1.29 is 14.3 Å². The molecule has 0 aliphatic carbocycles. The molecule has 0 fully saturated rings. The van der Waals surface area contributed by atoms with Gasteiger partial charge in [-0.2, -0.15) is 0 Å². The lowest BCUT2D eigenvalue weighted by Crippen LogP contribution is -2.26. The highest BCUT2D eigenvalue weighted by molar-refractivity contribution is 5.93. The van der Waals surface area contributed by atoms with E-state index >= 15 is 0 Å². The van der Waals surface area contributed by atoms with Gasteiger partial charge in [0.2, 0.25) is 0 Å². The average molecular weight is 259 g/mol. The number of rotatable bonds is 2. The van der Waals surface area contributed by atoms with Crippen molar-refractivity contribution in [3.63, 3.8) is 0 Å². The Kier molecular flexibility index (Phi) is 3.42. The summed E-state index contributed by atoms with van der Waals surface area (Å²) < 4.78 is 6.82. The molecule has 2 aromatic rings. The molecule has 2 rings (SSSR count). The number of carbonyl (C=O) groups excluding carboxylic acids is 2. The van der Waals surface area contributed by atoms with Gasteiger partial charge >= 0.3 is 6.09 Å². The highest BCUT2D eigenvalue weighted by Gasteiger charge is 2.20. The second kappa shape index (κ2) is 4.88. The summed E-state index contributed by atoms with van der Waals surface area (Å²) in [4.78, 5) is 22.8. The molecule has 0 saturated heterocycles. The van der Waals surface area contributed by atoms with Gasteiger partial charge < -0.3 is 9.53 Å². The fourth-order valence-electron chi connectivity index (χ4n) is 1.96. The molecule has 0 amide bonds. The molecule has 0 N–H and O–H groups in total. The predicted octanol–water partition coefficient (Wildman–Crippen LogP) is 3.17. The van der Waals surface area contributed by atoms with Gasteiger partial charge in [-0.15, -0.1) is 0 Å². The summed E-state index contributed by atoms with van der Waals surface area (Å²) in [5.74, 6) is 0. The van der Waals surface area contributed by atoms with Gasteiger partial charge in [0.05, 0.1) is 5.52 Å². The molecule has 0 spiro atoms. The SMILES string of the molecule is CC(C)(C)OC(=O)n1cc(CC=O)c2ccccc21. The third-order valence-corrected chi connectivity index (χ3v) is 2.69. The Morgan fingerprint density at radius 1 is 1.32 bits per heavy atom. The van der Waals surface area contributed by atoms with Crippen molar-refractivity contribution >= 4 is 23.3 Å². The molecule has 4 nitrogen and oxygen atoms in total. The van der Waals surface area contributed by atoms with E-state index in [9.17, 15) is 9.59 Å². The minimum Gasteiger partial charge on any atom is -0.443 e. The fourth-order valence-corrected chi connectivity index (χ4v) is 1.96. The Balaban J connectivity index is 2.48. The first-order chi connectivity index (χ1) is 8.92. The Bertz CT molecular complexity index is 620. The molecular weight excluding hydrogens is 242 g/mol. The van der Waals surface area contributed by atoms with E-state index in [1.54, 1.807) is 6.20 Å². The zero-order valence-corrected chi connectivity index (χ0v) is 11.3. The molecule has 1 aromatic heterocycles. The number of hydrogen-bond acceptors (Lipinski definition) is 3. The van der Waals surface area contributed by atoms with Crippen LogP contribution in [0, 0.1) is 0 Å². The maximum atomic E-state index is 12.1. The van der Waals surface area contributed by atoms with Gasteiger partial charge in [-0.3, -0.25) is 4.57 Å². The van der Waals surface area contributed by atoms with Crippen LogP contribution in [-0.4, -0.2) is 22.5 Å². The van der Waals surface area contributed by atoms with Crippen LogP contribution in [0.1, 0.15) is 26.3 Å². The van der Waals surface area contributed by atoms with Crippen LogP contribution in [-0.2, 0) is 16.0 Å². The van der Waals surface area contributed by atoms with Gasteiger partial charge in [0.1, 0.15) is 11.9 Å². The van der Waals surface area contributed by atoms with Crippen LogP contribution in [0.2, 0.25) is 0 Å². The molecule has 0 radical (unpaired) electrons. The first kappa shape index (κ1) is 13.3. The number of nitrogens with zero attached hydrogens (tertiary/aromatic N) is 1. The molecule has 0 aliphatic heterocycles. The molecule has 19 heavy (non-hydrogen) atoms. The van der Waals surface area contributed by atoms with E-state index in [4.69, 9.17) is 4.74 Å². The minimum absolute atomic E-state index is 0.288. The molecule has 0 bridgehead atoms. The van der Waals surface area contributed by atoms with E-state index in [2.05, 4.69) is 0 Å². The van der Waals surface area contributed by atoms with Crippen molar-refractivity contribution in [3.05, 3.63) is 36.0 Å². The molecule has 1 heterocycles. The fraction of sp³-hybridized carbons (Fsp3) is 0.333. The number of aromatic nitrogens is 1. The van der Waals surface area contributed by atoms with Gasteiger partial charge in [0.25, 0.3) is 0 Å². The van der Waals surface area contributed by atoms with Gasteiger partial charge in [0, 0.05) is 18.0 Å². The van der Waals surface area contributed by atoms with Crippen molar-refractivity contribution in [1.29, 1.82) is 0 Å². The highest BCUT2D eigenvalue weighted by atomic mass is 16.6. The van der Waals surface area contributed by atoms with Crippen LogP contribution in [0.5, 0.6) is 0 Å². The smallest absolute Gasteiger partial charge is 0.419 e. The number of para-hydroxylation sites is 1. The van der Waals surface area contributed by atoms with Crippen molar-refractivity contribution in [2.75, 3.05) is 0 Å². The zero-order chi connectivity index (χ0) is 14.0. The molecule has 0 unspecified atom stereocenters. The molecule has 0 aliphatic rings. The summed E-state index contributed by atoms with van der Waals surface area (Å²) in [5.41, 5.74) is 1.04. The zero-order valence-electron chi connectivity index (χ0n) is 11.3. The summed E-state index contributed by atoms with van der Waals surface area (Å²) in [6.07, 6.45) is 2.37. The van der Waals surface area contributed by atoms with Crippen molar-refractivity contribution in [2.45, 2.75) is 32.8 Å². The lowest BCUT2D eigenvalue weighted by molar-refractivity contribution is -0.107. The van der Waals surface area contributed by atoms with Crippen LogP contribution in [0.25, 0.3) is 10.9 Å². The first-order valence-corrected chi connectivity index (χ1v) is 6.18. The van der Waals surface area contributed by atoms with E-state index in [0.717, 1.165) is 22.8 Å². The lowest BCUT2D eigenvalue weighted by atomic mass is 10.1. The normalized spacial score (nSPS) is 11.5. The van der Waals surface area contributed by atoms with Gasteiger partial charge in [-0.1, -0.05) is 18.2 Å². The van der Waals surface area contributed by atoms with E-state index in [-0.39, 0.29) is 6.42 Å². The van der Waals surface area contributed by atoms with Crippen LogP contribution in [0.3, 0.4) is 0 Å². The van der Waals surface area contributed by atoms with Crippen molar-refractivity contribution in [1.82, 2.24) is 4.57 Å². The standard InChI is InChI=1S/C15H17NO3/c1-15(2,3)19-14(18)16-10-11(8-9-17)12-6-4-5-7-13(12)16/h4-7,9-10H,8H2,1-3H3. The number of aldehydes is 1. The maximum absolute atomic E-state index is 12.1. The Labute approximate surface area is 112 Å². The molecular formula is C15H17NO3. The predicted molar refractivity (Wildman–Crippen MR) is 73.3 cm³/mol. The number of carbonyl (C=O) groups is 2. The van der Waals surface area contributed by atoms with Crippen molar-refractivity contribution in [3.8, 4) is 0 Å². The number of hydrogen-bond donors (Lipinski definition) is 0. The van der Waals surface area contributed by atoms with Crippen LogP contribution < -0.4 is 0 Å². The molecule has 1 aromatic carbocycles. The van der Waals surface area contributed by atoms with Crippen LogP contribution in [0.4, 0.5) is 4.79 Å². The Hall–Kier alpha value is -2.10. The Morgan fingerprint density at radius 3 is 2.63 bits per heavy atom. The summed E-state index contributed by atoms with van der Waals surface area (Å²) >= 11 is 0. The third kappa shape index (κ3) is 2.84. The second-order valence-corrected chi connectivity index (χ2v) is 5.39.